The van der Waals surface area contributed by atoms with Crippen molar-refractivity contribution in [3.05, 3.63) is 89.5 Å². The summed E-state index contributed by atoms with van der Waals surface area (Å²) in [5, 5.41) is 0. The number of rotatable bonds is 9. The van der Waals surface area contributed by atoms with E-state index in [0.717, 1.165) is 9.79 Å². The minimum atomic E-state index is -2.88. The largest absolute Gasteiger partial charge is 0.481 e. The van der Waals surface area contributed by atoms with Gasteiger partial charge < -0.3 is 4.74 Å². The van der Waals surface area contributed by atoms with Crippen LogP contribution >= 0.6 is 11.8 Å². The minimum Gasteiger partial charge on any atom is -0.481 e. The van der Waals surface area contributed by atoms with Crippen molar-refractivity contribution in [2.45, 2.75) is 28.4 Å². The predicted molar refractivity (Wildman–Crippen MR) is 130 cm³/mol. The predicted octanol–water partition coefficient (Wildman–Crippen LogP) is 4.65. The number of carbonyl (C=O) groups excluding carboxylic acids is 2. The van der Waals surface area contributed by atoms with Crippen molar-refractivity contribution < 1.29 is 22.7 Å². The Morgan fingerprint density at radius 3 is 1.76 bits per heavy atom. The molecule has 33 heavy (non-hydrogen) atoms. The van der Waals surface area contributed by atoms with E-state index >= 15 is 0 Å². The first-order valence-corrected chi connectivity index (χ1v) is 12.0. The molecule has 0 amide bonds. The number of hydrogen-bond acceptors (Lipinski definition) is 6. The molecular formula is C26H22O5S2. The first-order chi connectivity index (χ1) is 15.7. The van der Waals surface area contributed by atoms with E-state index in [1.165, 1.54) is 25.6 Å². The molecule has 168 valence electrons. The van der Waals surface area contributed by atoms with Crippen LogP contribution in [0.2, 0.25) is 0 Å². The molecule has 0 saturated carbocycles. The zero-order valence-corrected chi connectivity index (χ0v) is 19.8. The number of carbonyl (C=O) groups is 2. The fourth-order valence-electron chi connectivity index (χ4n) is 2.92. The summed E-state index contributed by atoms with van der Waals surface area (Å²) in [5.74, 6) is 2.46. The van der Waals surface area contributed by atoms with E-state index in [2.05, 4.69) is 5.92 Å². The molecule has 3 aromatic rings. The second-order valence-electron chi connectivity index (χ2n) is 7.64. The summed E-state index contributed by atoms with van der Waals surface area (Å²) < 4.78 is 26.6. The van der Waals surface area contributed by atoms with Gasteiger partial charge in [-0.05, 0) is 74.5 Å². The summed E-state index contributed by atoms with van der Waals surface area (Å²) >= 11 is 1.47. The Balaban J connectivity index is 1.66. The molecule has 3 rings (SSSR count). The van der Waals surface area contributed by atoms with Crippen LogP contribution < -0.4 is 4.74 Å². The smallest absolute Gasteiger partial charge is 0.193 e. The van der Waals surface area contributed by atoms with Crippen molar-refractivity contribution in [3.63, 3.8) is 0 Å². The van der Waals surface area contributed by atoms with E-state index in [1.807, 2.05) is 12.1 Å². The van der Waals surface area contributed by atoms with Crippen LogP contribution in [0.15, 0.2) is 82.6 Å². The molecule has 0 spiro atoms. The first kappa shape index (κ1) is 24.3. The SMILES string of the molecule is C#CCOc1ccc(C(=O)c2ccc(Sc3ccc(C(=O)C(C)(C)[SH](=O)=O)cc3)cc2)cc1. The Morgan fingerprint density at radius 2 is 1.30 bits per heavy atom. The lowest BCUT2D eigenvalue weighted by Crippen LogP contribution is -2.33. The number of ether oxygens (including phenoxy) is 1. The molecule has 0 saturated heterocycles. The topological polar surface area (TPSA) is 77.5 Å². The standard InChI is InChI=1S/C26H22O5S2/c1-4-17-31-21-11-5-18(6-12-21)24(27)19-7-13-22(14-8-19)32-23-15-9-20(10-16-23)25(28)26(2,3)33(29)30/h1,5-16,33H,17H2,2-3H3. The van der Waals surface area contributed by atoms with Gasteiger partial charge in [0.1, 0.15) is 17.1 Å². The minimum absolute atomic E-state index is 0.0998. The lowest BCUT2D eigenvalue weighted by atomic mass is 10.0. The Bertz CT molecular complexity index is 1260. The fourth-order valence-corrected chi connectivity index (χ4v) is 4.03. The molecule has 0 radical (unpaired) electrons. The van der Waals surface area contributed by atoms with Crippen LogP contribution in [0, 0.1) is 12.3 Å². The molecule has 3 aromatic carbocycles. The highest BCUT2D eigenvalue weighted by atomic mass is 32.2. The molecule has 0 atom stereocenters. The van der Waals surface area contributed by atoms with Crippen LogP contribution in [-0.2, 0) is 10.7 Å². The van der Waals surface area contributed by atoms with E-state index in [4.69, 9.17) is 11.2 Å². The van der Waals surface area contributed by atoms with Gasteiger partial charge in [0.25, 0.3) is 0 Å². The number of terminal acetylenes is 1. The summed E-state index contributed by atoms with van der Waals surface area (Å²) in [7, 11) is -2.88. The summed E-state index contributed by atoms with van der Waals surface area (Å²) in [6.07, 6.45) is 5.17. The number of benzene rings is 3. The molecule has 0 heterocycles. The number of ketones is 2. The van der Waals surface area contributed by atoms with Gasteiger partial charge in [-0.1, -0.05) is 29.8 Å². The van der Waals surface area contributed by atoms with Crippen LogP contribution in [0.1, 0.15) is 40.1 Å². The quantitative estimate of drug-likeness (QED) is 0.274. The maximum absolute atomic E-state index is 12.7. The van der Waals surface area contributed by atoms with Crippen molar-refractivity contribution in [3.8, 4) is 18.1 Å². The molecule has 5 nitrogen and oxygen atoms in total. The van der Waals surface area contributed by atoms with Crippen molar-refractivity contribution in [1.82, 2.24) is 0 Å². The molecule has 7 heteroatoms. The third-order valence-electron chi connectivity index (χ3n) is 4.92. The lowest BCUT2D eigenvalue weighted by Gasteiger charge is -2.15. The zero-order valence-electron chi connectivity index (χ0n) is 18.1. The lowest BCUT2D eigenvalue weighted by molar-refractivity contribution is 0.0954. The Morgan fingerprint density at radius 1 is 0.848 bits per heavy atom. The molecule has 0 N–H and O–H groups in total. The summed E-state index contributed by atoms with van der Waals surface area (Å²) in [5.41, 5.74) is 1.46. The van der Waals surface area contributed by atoms with Gasteiger partial charge in [-0.25, -0.2) is 8.42 Å². The second kappa shape index (κ2) is 10.5. The number of thiol groups is 1. The van der Waals surface area contributed by atoms with E-state index in [0.29, 0.717) is 22.4 Å². The van der Waals surface area contributed by atoms with Crippen LogP contribution in [0.25, 0.3) is 0 Å². The maximum Gasteiger partial charge on any atom is 0.193 e. The summed E-state index contributed by atoms with van der Waals surface area (Å²) in [4.78, 5) is 26.9. The third kappa shape index (κ3) is 5.92. The van der Waals surface area contributed by atoms with Gasteiger partial charge in [-0.2, -0.15) is 0 Å². The monoisotopic (exact) mass is 478 g/mol. The molecule has 0 fully saturated rings. The van der Waals surface area contributed by atoms with Crippen LogP contribution in [0.4, 0.5) is 0 Å². The third-order valence-corrected chi connectivity index (χ3v) is 7.05. The average Bonchev–Trinajstić information content (AvgIpc) is 2.83. The second-order valence-corrected chi connectivity index (χ2v) is 10.4. The Hall–Kier alpha value is -3.34. The molecule has 0 aromatic heterocycles. The van der Waals surface area contributed by atoms with Gasteiger partial charge >= 0.3 is 0 Å². The van der Waals surface area contributed by atoms with Gasteiger partial charge in [0.2, 0.25) is 0 Å². The Labute approximate surface area is 199 Å². The van der Waals surface area contributed by atoms with Crippen molar-refractivity contribution in [2.75, 3.05) is 6.61 Å². The van der Waals surface area contributed by atoms with Gasteiger partial charge in [0.05, 0.1) is 0 Å². The number of hydrogen-bond donors (Lipinski definition) is 1. The van der Waals surface area contributed by atoms with Crippen molar-refractivity contribution in [2.24, 2.45) is 0 Å². The van der Waals surface area contributed by atoms with E-state index in [9.17, 15) is 18.0 Å². The van der Waals surface area contributed by atoms with Gasteiger partial charge in [0.15, 0.2) is 22.3 Å². The highest BCUT2D eigenvalue weighted by Gasteiger charge is 2.32. The first-order valence-electron chi connectivity index (χ1n) is 10.0. The van der Waals surface area contributed by atoms with Crippen LogP contribution in [0.3, 0.4) is 0 Å². The highest BCUT2D eigenvalue weighted by molar-refractivity contribution is 7.99. The Kier molecular flexibility index (Phi) is 7.75. The molecule has 0 aliphatic carbocycles. The van der Waals surface area contributed by atoms with E-state index in [1.54, 1.807) is 60.7 Å². The summed E-state index contributed by atoms with van der Waals surface area (Å²) in [6, 6.07) is 20.8. The maximum atomic E-state index is 12.7. The van der Waals surface area contributed by atoms with Crippen molar-refractivity contribution >= 4 is 34.0 Å². The van der Waals surface area contributed by atoms with Crippen LogP contribution in [0.5, 0.6) is 5.75 Å². The molecular weight excluding hydrogens is 456 g/mol. The fraction of sp³-hybridized carbons (Fsp3) is 0.154. The molecule has 0 bridgehead atoms. The normalized spacial score (nSPS) is 11.1. The summed E-state index contributed by atoms with van der Waals surface area (Å²) in [6.45, 7) is 2.97. The highest BCUT2D eigenvalue weighted by Crippen LogP contribution is 2.29. The number of Topliss-reactive ketones (excluding diaryl/α,β-unsaturated/α-hetero) is 1. The molecule has 0 aliphatic heterocycles. The van der Waals surface area contributed by atoms with Gasteiger partial charge in [0, 0.05) is 26.5 Å². The van der Waals surface area contributed by atoms with Crippen molar-refractivity contribution in [1.29, 1.82) is 0 Å². The van der Waals surface area contributed by atoms with E-state index in [-0.39, 0.29) is 12.4 Å². The zero-order chi connectivity index (χ0) is 24.0. The average molecular weight is 479 g/mol. The van der Waals surface area contributed by atoms with E-state index < -0.39 is 21.2 Å². The molecule has 0 aliphatic rings. The van der Waals surface area contributed by atoms with Gasteiger partial charge in [-0.3, -0.25) is 9.59 Å². The van der Waals surface area contributed by atoms with Crippen LogP contribution in [-0.4, -0.2) is 31.3 Å². The van der Waals surface area contributed by atoms with Gasteiger partial charge in [-0.15, -0.1) is 6.42 Å². The molecule has 0 unspecified atom stereocenters.